The number of benzene rings is 2. The normalized spacial score (nSPS) is 13.7. The van der Waals surface area contributed by atoms with Crippen LogP contribution >= 0.6 is 11.6 Å². The van der Waals surface area contributed by atoms with E-state index in [9.17, 15) is 36.3 Å². The first-order valence-electron chi connectivity index (χ1n) is 10.5. The van der Waals surface area contributed by atoms with E-state index in [1.165, 1.54) is 18.2 Å². The molecule has 14 heteroatoms. The number of alkyl halides is 3. The maximum absolute atomic E-state index is 12.9. The number of aliphatic hydroxyl groups is 1. The molecule has 1 atom stereocenters. The Kier molecular flexibility index (Phi) is 9.34. The zero-order chi connectivity index (χ0) is 27.3. The summed E-state index contributed by atoms with van der Waals surface area (Å²) in [5, 5.41) is 13.6. The van der Waals surface area contributed by atoms with Crippen molar-refractivity contribution in [2.45, 2.75) is 30.0 Å². The van der Waals surface area contributed by atoms with Crippen LogP contribution in [0.3, 0.4) is 0 Å². The van der Waals surface area contributed by atoms with Crippen molar-refractivity contribution in [1.82, 2.24) is 10.2 Å². The average molecular weight is 551 g/mol. The van der Waals surface area contributed by atoms with E-state index in [2.05, 4.69) is 10.0 Å². The molecule has 0 aliphatic heterocycles. The first-order valence-corrected chi connectivity index (χ1v) is 12.4. The number of hydrogen-bond donors (Lipinski definition) is 4. The van der Waals surface area contributed by atoms with Gasteiger partial charge in [0.2, 0.25) is 5.60 Å². The van der Waals surface area contributed by atoms with Crippen LogP contribution in [0, 0.1) is 0 Å². The fraction of sp³-hybridized carbons (Fsp3) is 0.364. The van der Waals surface area contributed by atoms with Crippen molar-refractivity contribution in [2.75, 3.05) is 37.2 Å². The zero-order valence-electron chi connectivity index (χ0n) is 19.6. The van der Waals surface area contributed by atoms with E-state index in [0.717, 1.165) is 24.7 Å². The molecule has 2 rings (SSSR count). The summed E-state index contributed by atoms with van der Waals surface area (Å²) in [6.45, 7) is 1.40. The molecule has 0 heterocycles. The molecule has 0 bridgehead atoms. The standard InChI is InChI=1S/C22H26ClF3N4O5S/c1-21(33,22(24,25)26)20(32)28-18-10-9-14(13-16(18)23)36(34,35)29-17-8-5-4-7-15(17)19(31)27-11-6-12-30(2)3/h4-5,7-10,13,29,33H,6,11-12H2,1-3H3,(H,27,31)(H,28,32)/t21-/m1/s1. The molecule has 0 fully saturated rings. The third-order valence-corrected chi connectivity index (χ3v) is 6.65. The Morgan fingerprint density at radius 1 is 1.08 bits per heavy atom. The number of halogens is 4. The maximum atomic E-state index is 12.9. The smallest absolute Gasteiger partial charge is 0.373 e. The topological polar surface area (TPSA) is 128 Å². The molecule has 0 aliphatic rings. The van der Waals surface area contributed by atoms with Crippen molar-refractivity contribution < 1.29 is 36.3 Å². The number of amides is 2. The predicted molar refractivity (Wildman–Crippen MR) is 130 cm³/mol. The second-order valence-electron chi connectivity index (χ2n) is 8.23. The lowest BCUT2D eigenvalue weighted by Gasteiger charge is -2.25. The molecule has 9 nitrogen and oxygen atoms in total. The van der Waals surface area contributed by atoms with Gasteiger partial charge in [0.25, 0.3) is 21.8 Å². The number of carbonyl (C=O) groups excluding carboxylic acids is 2. The van der Waals surface area contributed by atoms with Crippen molar-refractivity contribution in [3.63, 3.8) is 0 Å². The molecular weight excluding hydrogens is 525 g/mol. The lowest BCUT2D eigenvalue weighted by molar-refractivity contribution is -0.242. The number of nitrogens with zero attached hydrogens (tertiary/aromatic N) is 1. The number of anilines is 2. The molecule has 0 saturated heterocycles. The van der Waals surface area contributed by atoms with Crippen LogP contribution in [0.2, 0.25) is 5.02 Å². The number of rotatable bonds is 10. The first kappa shape index (κ1) is 29.4. The van der Waals surface area contributed by atoms with Crippen LogP contribution < -0.4 is 15.4 Å². The van der Waals surface area contributed by atoms with Gasteiger partial charge in [-0.2, -0.15) is 13.2 Å². The van der Waals surface area contributed by atoms with Crippen LogP contribution in [-0.4, -0.2) is 69.2 Å². The van der Waals surface area contributed by atoms with Gasteiger partial charge in [-0.05, 0) is 64.3 Å². The number of para-hydroxylation sites is 1. The Hall–Kier alpha value is -2.87. The van der Waals surface area contributed by atoms with Gasteiger partial charge in [-0.1, -0.05) is 23.7 Å². The van der Waals surface area contributed by atoms with Gasteiger partial charge in [0.05, 0.1) is 26.9 Å². The zero-order valence-corrected chi connectivity index (χ0v) is 21.2. The molecule has 2 aromatic carbocycles. The summed E-state index contributed by atoms with van der Waals surface area (Å²) in [5.74, 6) is -2.28. The molecule has 2 amide bonds. The fourth-order valence-electron chi connectivity index (χ4n) is 2.80. The Bertz CT molecular complexity index is 1220. The first-order chi connectivity index (χ1) is 16.6. The van der Waals surface area contributed by atoms with E-state index in [-0.39, 0.29) is 28.8 Å². The maximum Gasteiger partial charge on any atom is 0.426 e. The number of sulfonamides is 1. The molecule has 0 aliphatic carbocycles. The van der Waals surface area contributed by atoms with Crippen molar-refractivity contribution in [3.05, 3.63) is 53.1 Å². The summed E-state index contributed by atoms with van der Waals surface area (Å²) in [5.41, 5.74) is -3.96. The van der Waals surface area contributed by atoms with Crippen LogP contribution in [0.15, 0.2) is 47.4 Å². The van der Waals surface area contributed by atoms with Gasteiger partial charge in [-0.15, -0.1) is 0 Å². The highest BCUT2D eigenvalue weighted by atomic mass is 35.5. The molecule has 0 radical (unpaired) electrons. The third kappa shape index (κ3) is 7.32. The lowest BCUT2D eigenvalue weighted by atomic mass is 10.1. The van der Waals surface area contributed by atoms with Gasteiger partial charge in [0.15, 0.2) is 0 Å². The molecule has 36 heavy (non-hydrogen) atoms. The Morgan fingerprint density at radius 2 is 1.72 bits per heavy atom. The van der Waals surface area contributed by atoms with Crippen LogP contribution in [0.5, 0.6) is 0 Å². The molecule has 2 aromatic rings. The van der Waals surface area contributed by atoms with E-state index in [0.29, 0.717) is 13.0 Å². The van der Waals surface area contributed by atoms with Crippen LogP contribution in [0.1, 0.15) is 23.7 Å². The minimum Gasteiger partial charge on any atom is -0.373 e. The third-order valence-electron chi connectivity index (χ3n) is 4.98. The van der Waals surface area contributed by atoms with Crippen molar-refractivity contribution in [1.29, 1.82) is 0 Å². The number of carbonyl (C=O) groups is 2. The average Bonchev–Trinajstić information content (AvgIpc) is 2.77. The highest BCUT2D eigenvalue weighted by Gasteiger charge is 2.55. The summed E-state index contributed by atoms with van der Waals surface area (Å²) in [6.07, 6.45) is -4.56. The summed E-state index contributed by atoms with van der Waals surface area (Å²) in [7, 11) is -0.501. The molecule has 0 aromatic heterocycles. The second-order valence-corrected chi connectivity index (χ2v) is 10.3. The van der Waals surface area contributed by atoms with Crippen molar-refractivity contribution >= 4 is 44.8 Å². The Labute approximate surface area is 211 Å². The van der Waals surface area contributed by atoms with Crippen LogP contribution in [0.4, 0.5) is 24.5 Å². The highest BCUT2D eigenvalue weighted by Crippen LogP contribution is 2.33. The molecule has 0 spiro atoms. The van der Waals surface area contributed by atoms with Gasteiger partial charge < -0.3 is 20.6 Å². The summed E-state index contributed by atoms with van der Waals surface area (Å²) < 4.78 is 66.7. The number of hydrogen-bond acceptors (Lipinski definition) is 6. The molecule has 4 N–H and O–H groups in total. The van der Waals surface area contributed by atoms with Crippen LogP contribution in [0.25, 0.3) is 0 Å². The predicted octanol–water partition coefficient (Wildman–Crippen LogP) is 3.07. The van der Waals surface area contributed by atoms with Crippen molar-refractivity contribution in [2.24, 2.45) is 0 Å². The summed E-state index contributed by atoms with van der Waals surface area (Å²) in [4.78, 5) is 26.0. The minimum atomic E-state index is -5.25. The lowest BCUT2D eigenvalue weighted by Crippen LogP contribution is -2.52. The molecule has 198 valence electrons. The van der Waals surface area contributed by atoms with Crippen molar-refractivity contribution in [3.8, 4) is 0 Å². The minimum absolute atomic E-state index is 0.00247. The largest absolute Gasteiger partial charge is 0.426 e. The number of nitrogens with one attached hydrogen (secondary N) is 3. The van der Waals surface area contributed by atoms with Gasteiger partial charge in [0.1, 0.15) is 0 Å². The highest BCUT2D eigenvalue weighted by molar-refractivity contribution is 7.92. The second kappa shape index (κ2) is 11.5. The van der Waals surface area contributed by atoms with Crippen LogP contribution in [-0.2, 0) is 14.8 Å². The van der Waals surface area contributed by atoms with E-state index < -0.39 is 38.6 Å². The van der Waals surface area contributed by atoms with E-state index in [1.54, 1.807) is 6.07 Å². The van der Waals surface area contributed by atoms with Gasteiger partial charge >= 0.3 is 6.18 Å². The van der Waals surface area contributed by atoms with Gasteiger partial charge in [-0.3, -0.25) is 14.3 Å². The molecule has 0 saturated carbocycles. The van der Waals surface area contributed by atoms with E-state index in [4.69, 9.17) is 11.6 Å². The SMILES string of the molecule is CN(C)CCCNC(=O)c1ccccc1NS(=O)(=O)c1ccc(NC(=O)[C@@](C)(O)C(F)(F)F)c(Cl)c1. The fourth-order valence-corrected chi connectivity index (χ4v) is 4.20. The van der Waals surface area contributed by atoms with E-state index >= 15 is 0 Å². The monoisotopic (exact) mass is 550 g/mol. The summed E-state index contributed by atoms with van der Waals surface area (Å²) >= 11 is 5.98. The molecular formula is C22H26ClF3N4O5S. The Balaban J connectivity index is 2.20. The molecule has 0 unspecified atom stereocenters. The summed E-state index contributed by atoms with van der Waals surface area (Å²) in [6, 6.07) is 8.81. The quantitative estimate of drug-likeness (QED) is 0.337. The van der Waals surface area contributed by atoms with Gasteiger partial charge in [0, 0.05) is 6.54 Å². The van der Waals surface area contributed by atoms with Gasteiger partial charge in [-0.25, -0.2) is 8.42 Å². The Morgan fingerprint density at radius 3 is 2.31 bits per heavy atom. The van der Waals surface area contributed by atoms with E-state index in [1.807, 2.05) is 24.3 Å².